The SMILES string of the molecule is COc1ccc(CCN)cc1OCCOc1c(C)cccc1C. The summed E-state index contributed by atoms with van der Waals surface area (Å²) in [5.74, 6) is 2.38. The van der Waals surface area contributed by atoms with Crippen molar-refractivity contribution in [2.24, 2.45) is 5.73 Å². The molecule has 2 aromatic rings. The minimum absolute atomic E-state index is 0.455. The van der Waals surface area contributed by atoms with Crippen LogP contribution in [0.2, 0.25) is 0 Å². The van der Waals surface area contributed by atoms with Crippen molar-refractivity contribution < 1.29 is 14.2 Å². The van der Waals surface area contributed by atoms with Crippen LogP contribution in [-0.4, -0.2) is 26.9 Å². The van der Waals surface area contributed by atoms with Gasteiger partial charge >= 0.3 is 0 Å². The average Bonchev–Trinajstić information content (AvgIpc) is 2.54. The van der Waals surface area contributed by atoms with Crippen molar-refractivity contribution in [3.63, 3.8) is 0 Å². The van der Waals surface area contributed by atoms with Crippen LogP contribution in [0.1, 0.15) is 16.7 Å². The Balaban J connectivity index is 1.94. The van der Waals surface area contributed by atoms with Gasteiger partial charge in [-0.2, -0.15) is 0 Å². The Bertz CT molecular complexity index is 620. The molecule has 0 atom stereocenters. The lowest BCUT2D eigenvalue weighted by atomic mass is 10.1. The largest absolute Gasteiger partial charge is 0.493 e. The molecule has 0 saturated heterocycles. The maximum Gasteiger partial charge on any atom is 0.161 e. The van der Waals surface area contributed by atoms with Crippen LogP contribution in [0, 0.1) is 13.8 Å². The van der Waals surface area contributed by atoms with Crippen molar-refractivity contribution in [3.8, 4) is 17.2 Å². The Kier molecular flexibility index (Phi) is 6.29. The maximum absolute atomic E-state index is 5.85. The summed E-state index contributed by atoms with van der Waals surface area (Å²) in [6, 6.07) is 12.0. The van der Waals surface area contributed by atoms with Gasteiger partial charge in [0.2, 0.25) is 0 Å². The van der Waals surface area contributed by atoms with Crippen LogP contribution < -0.4 is 19.9 Å². The first kappa shape index (κ1) is 17.2. The minimum atomic E-state index is 0.455. The smallest absolute Gasteiger partial charge is 0.161 e. The zero-order valence-electron chi connectivity index (χ0n) is 14.1. The highest BCUT2D eigenvalue weighted by Crippen LogP contribution is 2.28. The van der Waals surface area contributed by atoms with Crippen LogP contribution >= 0.6 is 0 Å². The van der Waals surface area contributed by atoms with Crippen LogP contribution in [0.3, 0.4) is 0 Å². The fourth-order valence-corrected chi connectivity index (χ4v) is 2.48. The zero-order chi connectivity index (χ0) is 16.7. The van der Waals surface area contributed by atoms with Crippen molar-refractivity contribution >= 4 is 0 Å². The van der Waals surface area contributed by atoms with E-state index in [2.05, 4.69) is 0 Å². The van der Waals surface area contributed by atoms with Crippen molar-refractivity contribution in [2.75, 3.05) is 26.9 Å². The van der Waals surface area contributed by atoms with E-state index in [0.717, 1.165) is 40.4 Å². The molecule has 0 aliphatic rings. The number of ether oxygens (including phenoxy) is 3. The van der Waals surface area contributed by atoms with Crippen LogP contribution in [0.25, 0.3) is 0 Å². The Morgan fingerprint density at radius 1 is 0.913 bits per heavy atom. The first-order valence-electron chi connectivity index (χ1n) is 7.84. The molecule has 0 fully saturated rings. The molecule has 2 rings (SSSR count). The molecule has 2 aromatic carbocycles. The Morgan fingerprint density at radius 2 is 1.61 bits per heavy atom. The van der Waals surface area contributed by atoms with E-state index in [1.165, 1.54) is 0 Å². The molecule has 124 valence electrons. The fraction of sp³-hybridized carbons (Fsp3) is 0.368. The standard InChI is InChI=1S/C19H25NO3/c1-14-5-4-6-15(2)19(14)23-12-11-22-18-13-16(9-10-20)7-8-17(18)21-3/h4-8,13H,9-12,20H2,1-3H3. The molecule has 0 aliphatic carbocycles. The third-order valence-corrected chi connectivity index (χ3v) is 3.66. The molecule has 0 heterocycles. The Morgan fingerprint density at radius 3 is 2.26 bits per heavy atom. The highest BCUT2D eigenvalue weighted by atomic mass is 16.5. The van der Waals surface area contributed by atoms with Gasteiger partial charge < -0.3 is 19.9 Å². The number of hydrogen-bond acceptors (Lipinski definition) is 4. The first-order valence-corrected chi connectivity index (χ1v) is 7.84. The second kappa shape index (κ2) is 8.44. The molecular weight excluding hydrogens is 290 g/mol. The van der Waals surface area contributed by atoms with E-state index in [1.54, 1.807) is 7.11 Å². The van der Waals surface area contributed by atoms with Gasteiger partial charge in [-0.1, -0.05) is 24.3 Å². The molecule has 2 N–H and O–H groups in total. The summed E-state index contributed by atoms with van der Waals surface area (Å²) in [6.45, 7) is 5.64. The highest BCUT2D eigenvalue weighted by molar-refractivity contribution is 5.43. The maximum atomic E-state index is 5.85. The highest BCUT2D eigenvalue weighted by Gasteiger charge is 2.07. The fourth-order valence-electron chi connectivity index (χ4n) is 2.48. The Labute approximate surface area is 138 Å². The van der Waals surface area contributed by atoms with E-state index < -0.39 is 0 Å². The Hall–Kier alpha value is -2.20. The summed E-state index contributed by atoms with van der Waals surface area (Å²) in [5.41, 5.74) is 9.01. The van der Waals surface area contributed by atoms with E-state index in [1.807, 2.05) is 50.2 Å². The molecule has 0 saturated carbocycles. The van der Waals surface area contributed by atoms with Gasteiger partial charge in [0.15, 0.2) is 11.5 Å². The molecule has 23 heavy (non-hydrogen) atoms. The van der Waals surface area contributed by atoms with Gasteiger partial charge in [-0.15, -0.1) is 0 Å². The monoisotopic (exact) mass is 315 g/mol. The third kappa shape index (κ3) is 4.63. The lowest BCUT2D eigenvalue weighted by Crippen LogP contribution is -2.11. The normalized spacial score (nSPS) is 10.4. The van der Waals surface area contributed by atoms with Gasteiger partial charge in [0, 0.05) is 0 Å². The molecule has 0 aromatic heterocycles. The van der Waals surface area contributed by atoms with Gasteiger partial charge in [0.05, 0.1) is 7.11 Å². The predicted octanol–water partition coefficient (Wildman–Crippen LogP) is 3.27. The molecule has 0 radical (unpaired) electrons. The van der Waals surface area contributed by atoms with Crippen molar-refractivity contribution in [1.82, 2.24) is 0 Å². The lowest BCUT2D eigenvalue weighted by molar-refractivity contribution is 0.209. The quantitative estimate of drug-likeness (QED) is 0.760. The molecule has 0 spiro atoms. The topological polar surface area (TPSA) is 53.7 Å². The minimum Gasteiger partial charge on any atom is -0.493 e. The summed E-state index contributed by atoms with van der Waals surface area (Å²) < 4.78 is 17.0. The summed E-state index contributed by atoms with van der Waals surface area (Å²) >= 11 is 0. The lowest BCUT2D eigenvalue weighted by Gasteiger charge is -2.14. The van der Waals surface area contributed by atoms with E-state index in [0.29, 0.717) is 19.8 Å². The molecule has 0 bridgehead atoms. The van der Waals surface area contributed by atoms with E-state index in [4.69, 9.17) is 19.9 Å². The van der Waals surface area contributed by atoms with E-state index in [-0.39, 0.29) is 0 Å². The summed E-state index contributed by atoms with van der Waals surface area (Å²) in [6.07, 6.45) is 0.819. The summed E-state index contributed by atoms with van der Waals surface area (Å²) in [5, 5.41) is 0. The number of nitrogens with two attached hydrogens (primary N) is 1. The number of hydrogen-bond donors (Lipinski definition) is 1. The third-order valence-electron chi connectivity index (χ3n) is 3.66. The molecular formula is C19H25NO3. The second-order valence-corrected chi connectivity index (χ2v) is 5.44. The van der Waals surface area contributed by atoms with Crippen molar-refractivity contribution in [2.45, 2.75) is 20.3 Å². The molecule has 4 heteroatoms. The van der Waals surface area contributed by atoms with Gasteiger partial charge in [0.25, 0.3) is 0 Å². The molecule has 0 unspecified atom stereocenters. The van der Waals surface area contributed by atoms with Crippen molar-refractivity contribution in [3.05, 3.63) is 53.1 Å². The molecule has 0 aliphatic heterocycles. The predicted molar refractivity (Wildman–Crippen MR) is 92.7 cm³/mol. The molecule has 4 nitrogen and oxygen atoms in total. The van der Waals surface area contributed by atoms with Crippen LogP contribution in [0.4, 0.5) is 0 Å². The second-order valence-electron chi connectivity index (χ2n) is 5.44. The number of benzene rings is 2. The van der Waals surface area contributed by atoms with Gasteiger partial charge in [-0.3, -0.25) is 0 Å². The first-order chi connectivity index (χ1) is 11.2. The van der Waals surface area contributed by atoms with E-state index >= 15 is 0 Å². The summed E-state index contributed by atoms with van der Waals surface area (Å²) in [7, 11) is 1.64. The van der Waals surface area contributed by atoms with Crippen molar-refractivity contribution in [1.29, 1.82) is 0 Å². The average molecular weight is 315 g/mol. The van der Waals surface area contributed by atoms with Gasteiger partial charge in [-0.25, -0.2) is 0 Å². The molecule has 0 amide bonds. The van der Waals surface area contributed by atoms with E-state index in [9.17, 15) is 0 Å². The number of rotatable bonds is 8. The van der Waals surface area contributed by atoms with Crippen LogP contribution in [-0.2, 0) is 6.42 Å². The van der Waals surface area contributed by atoms with Gasteiger partial charge in [0.1, 0.15) is 19.0 Å². The van der Waals surface area contributed by atoms with Crippen LogP contribution in [0.5, 0.6) is 17.2 Å². The van der Waals surface area contributed by atoms with Gasteiger partial charge in [-0.05, 0) is 55.6 Å². The number of aryl methyl sites for hydroxylation is 2. The zero-order valence-corrected chi connectivity index (χ0v) is 14.1. The number of methoxy groups -OCH3 is 1. The number of para-hydroxylation sites is 1. The summed E-state index contributed by atoms with van der Waals surface area (Å²) in [4.78, 5) is 0. The van der Waals surface area contributed by atoms with Crippen LogP contribution in [0.15, 0.2) is 36.4 Å².